The molecule has 0 radical (unpaired) electrons. The lowest BCUT2D eigenvalue weighted by atomic mass is 10.2. The summed E-state index contributed by atoms with van der Waals surface area (Å²) in [7, 11) is 1.31. The van der Waals surface area contributed by atoms with E-state index in [9.17, 15) is 17.6 Å². The van der Waals surface area contributed by atoms with Gasteiger partial charge in [-0.15, -0.1) is 0 Å². The van der Waals surface area contributed by atoms with Crippen LogP contribution < -0.4 is 4.90 Å². The Hall–Kier alpha value is -2.18. The van der Waals surface area contributed by atoms with Crippen molar-refractivity contribution in [1.82, 2.24) is 9.97 Å². The minimum atomic E-state index is -1.68. The van der Waals surface area contributed by atoms with Gasteiger partial charge in [0.2, 0.25) is 11.6 Å². The van der Waals surface area contributed by atoms with Crippen molar-refractivity contribution in [1.29, 1.82) is 0 Å². The Morgan fingerprint density at radius 1 is 1.00 bits per heavy atom. The third-order valence-corrected chi connectivity index (χ3v) is 2.70. The van der Waals surface area contributed by atoms with E-state index in [4.69, 9.17) is 0 Å². The summed E-state index contributed by atoms with van der Waals surface area (Å²) in [6.07, 6.45) is 0. The van der Waals surface area contributed by atoms with Crippen molar-refractivity contribution in [3.05, 3.63) is 53.1 Å². The lowest BCUT2D eigenvalue weighted by Crippen LogP contribution is -2.22. The predicted octanol–water partition coefficient (Wildman–Crippen LogP) is 2.98. The second-order valence-corrected chi connectivity index (χ2v) is 4.30. The highest BCUT2D eigenvalue weighted by Crippen LogP contribution is 2.26. The quantitative estimate of drug-likeness (QED) is 0.641. The molecule has 2 aromatic rings. The molecule has 106 valence electrons. The van der Waals surface area contributed by atoms with E-state index >= 15 is 0 Å². The van der Waals surface area contributed by atoms with Gasteiger partial charge < -0.3 is 4.90 Å². The van der Waals surface area contributed by atoms with Crippen LogP contribution in [0.25, 0.3) is 0 Å². The van der Waals surface area contributed by atoms with Gasteiger partial charge >= 0.3 is 0 Å². The molecule has 0 aliphatic rings. The van der Waals surface area contributed by atoms with Crippen LogP contribution in [0.3, 0.4) is 0 Å². The van der Waals surface area contributed by atoms with Gasteiger partial charge in [-0.25, -0.2) is 0 Å². The van der Waals surface area contributed by atoms with Crippen LogP contribution in [-0.2, 0) is 6.54 Å². The van der Waals surface area contributed by atoms with Gasteiger partial charge in [-0.3, -0.25) is 4.98 Å². The van der Waals surface area contributed by atoms with Gasteiger partial charge in [0.25, 0.3) is 11.9 Å². The molecule has 20 heavy (non-hydrogen) atoms. The highest BCUT2D eigenvalue weighted by atomic mass is 19.2. The van der Waals surface area contributed by atoms with Crippen molar-refractivity contribution in [2.75, 3.05) is 11.9 Å². The summed E-state index contributed by atoms with van der Waals surface area (Å²) in [5, 5.41) is 0. The number of hydrogen-bond acceptors (Lipinski definition) is 3. The van der Waals surface area contributed by atoms with Gasteiger partial charge in [0, 0.05) is 12.7 Å². The van der Waals surface area contributed by atoms with E-state index in [1.54, 1.807) is 25.1 Å². The van der Waals surface area contributed by atoms with Crippen molar-refractivity contribution in [3.8, 4) is 0 Å². The molecule has 0 amide bonds. The summed E-state index contributed by atoms with van der Waals surface area (Å²) < 4.78 is 53.2. The molecule has 2 heterocycles. The molecule has 0 saturated carbocycles. The van der Waals surface area contributed by atoms with Crippen LogP contribution in [0.5, 0.6) is 0 Å². The number of halogens is 4. The Balaban J connectivity index is 2.37. The first-order valence-corrected chi connectivity index (χ1v) is 5.73. The van der Waals surface area contributed by atoms with Crippen LogP contribution in [-0.4, -0.2) is 17.0 Å². The van der Waals surface area contributed by atoms with E-state index in [0.717, 1.165) is 10.6 Å². The van der Waals surface area contributed by atoms with Crippen LogP contribution in [0.15, 0.2) is 18.2 Å². The largest absolute Gasteiger partial charge is 0.364 e. The number of nitrogens with zero attached hydrogens (tertiary/aromatic N) is 3. The smallest absolute Gasteiger partial charge is 0.253 e. The first-order valence-electron chi connectivity index (χ1n) is 5.73. The van der Waals surface area contributed by atoms with E-state index < -0.39 is 29.2 Å². The third-order valence-electron chi connectivity index (χ3n) is 2.70. The number of aromatic nitrogens is 2. The molecule has 0 fully saturated rings. The summed E-state index contributed by atoms with van der Waals surface area (Å²) >= 11 is 0. The summed E-state index contributed by atoms with van der Waals surface area (Å²) in [5.74, 6) is -6.41. The zero-order valence-electron chi connectivity index (χ0n) is 10.8. The Kier molecular flexibility index (Phi) is 3.87. The number of anilines is 1. The maximum absolute atomic E-state index is 13.6. The molecule has 0 atom stereocenters. The molecule has 0 aliphatic heterocycles. The zero-order chi connectivity index (χ0) is 14.9. The average molecular weight is 285 g/mol. The lowest BCUT2D eigenvalue weighted by Gasteiger charge is -2.20. The molecule has 2 rings (SSSR count). The highest BCUT2D eigenvalue weighted by molar-refractivity contribution is 5.48. The first-order chi connectivity index (χ1) is 9.40. The van der Waals surface area contributed by atoms with Crippen molar-refractivity contribution in [2.24, 2.45) is 0 Å². The maximum atomic E-state index is 13.6. The van der Waals surface area contributed by atoms with Crippen LogP contribution in [0, 0.1) is 30.5 Å². The molecular weight excluding hydrogens is 274 g/mol. The van der Waals surface area contributed by atoms with Crippen LogP contribution >= 0.6 is 0 Å². The van der Waals surface area contributed by atoms with Gasteiger partial charge in [0.05, 0.1) is 12.2 Å². The molecular formula is C13H11F4N3. The van der Waals surface area contributed by atoms with Gasteiger partial charge in [0.1, 0.15) is 5.69 Å². The van der Waals surface area contributed by atoms with Crippen molar-refractivity contribution in [3.63, 3.8) is 0 Å². The van der Waals surface area contributed by atoms with Crippen molar-refractivity contribution in [2.45, 2.75) is 13.5 Å². The molecule has 0 spiro atoms. The molecule has 0 aliphatic carbocycles. The molecule has 2 aromatic heterocycles. The molecule has 3 nitrogen and oxygen atoms in total. The fourth-order valence-electron chi connectivity index (χ4n) is 1.82. The maximum Gasteiger partial charge on any atom is 0.253 e. The number of hydrogen-bond donors (Lipinski definition) is 0. The number of aryl methyl sites for hydroxylation is 1. The molecule has 0 saturated heterocycles. The standard InChI is InChI=1S/C13H11F4N3/c1-7-4-3-5-8(18-7)6-20(2)11-9(14)12(16)19-13(17)10(11)15/h3-5H,6H2,1-2H3. The zero-order valence-corrected chi connectivity index (χ0v) is 10.8. The molecule has 0 bridgehead atoms. The summed E-state index contributed by atoms with van der Waals surface area (Å²) in [5.41, 5.74) is 0.436. The predicted molar refractivity (Wildman–Crippen MR) is 65.1 cm³/mol. The number of pyridine rings is 2. The molecule has 7 heteroatoms. The molecule has 0 unspecified atom stereocenters. The minimum absolute atomic E-state index is 0.00157. The van der Waals surface area contributed by atoms with E-state index in [2.05, 4.69) is 9.97 Å². The summed E-state index contributed by atoms with van der Waals surface area (Å²) in [6, 6.07) is 5.13. The van der Waals surface area contributed by atoms with Crippen LogP contribution in [0.2, 0.25) is 0 Å². The summed E-state index contributed by atoms with van der Waals surface area (Å²) in [6.45, 7) is 1.76. The molecule has 0 aromatic carbocycles. The number of rotatable bonds is 3. The first kappa shape index (κ1) is 14.2. The molecule has 0 N–H and O–H groups in total. The second-order valence-electron chi connectivity index (χ2n) is 4.30. The van der Waals surface area contributed by atoms with E-state index in [-0.39, 0.29) is 6.54 Å². The van der Waals surface area contributed by atoms with E-state index in [1.807, 2.05) is 0 Å². The lowest BCUT2D eigenvalue weighted by molar-refractivity contribution is 0.406. The monoisotopic (exact) mass is 285 g/mol. The van der Waals surface area contributed by atoms with Crippen LogP contribution in [0.1, 0.15) is 11.4 Å². The topological polar surface area (TPSA) is 29.0 Å². The van der Waals surface area contributed by atoms with Gasteiger partial charge in [-0.2, -0.15) is 22.5 Å². The normalized spacial score (nSPS) is 10.7. The van der Waals surface area contributed by atoms with Crippen LogP contribution in [0.4, 0.5) is 23.2 Å². The highest BCUT2D eigenvalue weighted by Gasteiger charge is 2.23. The Morgan fingerprint density at radius 2 is 1.60 bits per heavy atom. The average Bonchev–Trinajstić information content (AvgIpc) is 2.36. The van der Waals surface area contributed by atoms with Gasteiger partial charge in [-0.05, 0) is 19.1 Å². The fraction of sp³-hybridized carbons (Fsp3) is 0.231. The van der Waals surface area contributed by atoms with Crippen molar-refractivity contribution < 1.29 is 17.6 Å². The SMILES string of the molecule is Cc1cccc(CN(C)c2c(F)c(F)nc(F)c2F)n1. The van der Waals surface area contributed by atoms with Crippen molar-refractivity contribution >= 4 is 5.69 Å². The second kappa shape index (κ2) is 5.44. The fourth-order valence-corrected chi connectivity index (χ4v) is 1.82. The van der Waals surface area contributed by atoms with E-state index in [1.165, 1.54) is 7.05 Å². The Labute approximate surface area is 112 Å². The van der Waals surface area contributed by atoms with Gasteiger partial charge in [0.15, 0.2) is 0 Å². The Bertz CT molecular complexity index is 620. The van der Waals surface area contributed by atoms with Gasteiger partial charge in [-0.1, -0.05) is 6.07 Å². The minimum Gasteiger partial charge on any atom is -0.364 e. The summed E-state index contributed by atoms with van der Waals surface area (Å²) in [4.78, 5) is 7.71. The van der Waals surface area contributed by atoms with E-state index in [0.29, 0.717) is 5.69 Å². The Morgan fingerprint density at radius 3 is 2.15 bits per heavy atom. The third kappa shape index (κ3) is 2.71.